The number of amides is 1. The number of hydrogen-bond acceptors (Lipinski definition) is 5. The third-order valence-electron chi connectivity index (χ3n) is 5.56. The summed E-state index contributed by atoms with van der Waals surface area (Å²) in [5.74, 6) is -0.531. The quantitative estimate of drug-likeness (QED) is 0.364. The van der Waals surface area contributed by atoms with Crippen LogP contribution in [0, 0.1) is 13.8 Å². The molecule has 8 nitrogen and oxygen atoms in total. The van der Waals surface area contributed by atoms with Gasteiger partial charge in [-0.3, -0.25) is 9.89 Å². The molecule has 2 aromatic heterocycles. The standard InChI is InChI=1S/C24H24F3N7O/c1-14-4-5-17(10-22(14)34-13-21(32-33-34)20-12-29-31-15(20)2)23(35)30-19-9-16(6-7-28-3)8-18(11-19)24(25,26)27/h4-5,8-13,28H,6-7H2,1-3H3,(H,29,31)(H,30,35). The highest BCUT2D eigenvalue weighted by molar-refractivity contribution is 6.04. The van der Waals surface area contributed by atoms with Crippen molar-refractivity contribution in [1.82, 2.24) is 30.5 Å². The second kappa shape index (κ2) is 9.71. The van der Waals surface area contributed by atoms with Gasteiger partial charge in [0.1, 0.15) is 5.69 Å². The van der Waals surface area contributed by atoms with Crippen LogP contribution in [0.15, 0.2) is 48.8 Å². The first-order valence-electron chi connectivity index (χ1n) is 10.9. The summed E-state index contributed by atoms with van der Waals surface area (Å²) in [6.07, 6.45) is -0.754. The molecule has 3 N–H and O–H groups in total. The highest BCUT2D eigenvalue weighted by Crippen LogP contribution is 2.32. The maximum Gasteiger partial charge on any atom is 0.416 e. The molecular formula is C24H24F3N7O. The van der Waals surface area contributed by atoms with Gasteiger partial charge >= 0.3 is 6.18 Å². The zero-order chi connectivity index (χ0) is 25.2. The van der Waals surface area contributed by atoms with Crippen LogP contribution in [0.2, 0.25) is 0 Å². The fraction of sp³-hybridized carbons (Fsp3) is 0.250. The normalized spacial score (nSPS) is 11.6. The molecule has 0 aliphatic carbocycles. The van der Waals surface area contributed by atoms with Gasteiger partial charge in [0.05, 0.1) is 23.6 Å². The van der Waals surface area contributed by atoms with Crippen molar-refractivity contribution in [3.63, 3.8) is 0 Å². The molecule has 11 heteroatoms. The summed E-state index contributed by atoms with van der Waals surface area (Å²) in [6.45, 7) is 4.24. The lowest BCUT2D eigenvalue weighted by atomic mass is 10.1. The molecule has 4 aromatic rings. The van der Waals surface area contributed by atoms with Gasteiger partial charge in [-0.25, -0.2) is 4.68 Å². The number of nitrogens with zero attached hydrogens (tertiary/aromatic N) is 4. The molecule has 0 aliphatic rings. The van der Waals surface area contributed by atoms with E-state index in [-0.39, 0.29) is 11.3 Å². The first-order valence-corrected chi connectivity index (χ1v) is 10.9. The molecule has 0 atom stereocenters. The minimum Gasteiger partial charge on any atom is -0.322 e. The maximum absolute atomic E-state index is 13.4. The molecule has 182 valence electrons. The van der Waals surface area contributed by atoms with Crippen LogP contribution in [0.1, 0.15) is 32.7 Å². The van der Waals surface area contributed by atoms with Crippen molar-refractivity contribution in [3.05, 3.63) is 76.7 Å². The van der Waals surface area contributed by atoms with Gasteiger partial charge in [0.2, 0.25) is 0 Å². The minimum atomic E-state index is -4.52. The number of carbonyl (C=O) groups excluding carboxylic acids is 1. The lowest BCUT2D eigenvalue weighted by Crippen LogP contribution is -2.16. The topological polar surface area (TPSA) is 101 Å². The van der Waals surface area contributed by atoms with Gasteiger partial charge in [-0.15, -0.1) is 5.10 Å². The number of aryl methyl sites for hydroxylation is 2. The summed E-state index contributed by atoms with van der Waals surface area (Å²) in [7, 11) is 1.72. The van der Waals surface area contributed by atoms with E-state index >= 15 is 0 Å². The highest BCUT2D eigenvalue weighted by atomic mass is 19.4. The Kier molecular flexibility index (Phi) is 6.70. The second-order valence-electron chi connectivity index (χ2n) is 8.18. The van der Waals surface area contributed by atoms with E-state index in [1.807, 2.05) is 13.8 Å². The summed E-state index contributed by atoms with van der Waals surface area (Å²) in [5.41, 5.74) is 3.75. The zero-order valence-electron chi connectivity index (χ0n) is 19.4. The number of hydrogen-bond donors (Lipinski definition) is 3. The van der Waals surface area contributed by atoms with Gasteiger partial charge in [0, 0.05) is 22.5 Å². The Labute approximate surface area is 199 Å². The first-order chi connectivity index (χ1) is 16.7. The predicted octanol–water partition coefficient (Wildman–Crippen LogP) is 4.31. The van der Waals surface area contributed by atoms with Crippen molar-refractivity contribution in [3.8, 4) is 16.9 Å². The van der Waals surface area contributed by atoms with Crippen molar-refractivity contribution in [2.24, 2.45) is 0 Å². The summed E-state index contributed by atoms with van der Waals surface area (Å²) in [5, 5.41) is 20.7. The molecule has 0 aliphatic heterocycles. The number of anilines is 1. The van der Waals surface area contributed by atoms with Crippen molar-refractivity contribution >= 4 is 11.6 Å². The Morgan fingerprint density at radius 3 is 2.63 bits per heavy atom. The van der Waals surface area contributed by atoms with Crippen molar-refractivity contribution in [1.29, 1.82) is 0 Å². The van der Waals surface area contributed by atoms with Crippen LogP contribution >= 0.6 is 0 Å². The van der Waals surface area contributed by atoms with Gasteiger partial charge < -0.3 is 10.6 Å². The molecule has 0 saturated heterocycles. The number of likely N-dealkylation sites (N-methyl/N-ethyl adjacent to an activating group) is 1. The molecule has 0 spiro atoms. The number of alkyl halides is 3. The highest BCUT2D eigenvalue weighted by Gasteiger charge is 2.31. The van der Waals surface area contributed by atoms with Crippen LogP contribution in [-0.4, -0.2) is 44.7 Å². The fourth-order valence-electron chi connectivity index (χ4n) is 3.66. The third-order valence-corrected chi connectivity index (χ3v) is 5.56. The van der Waals surface area contributed by atoms with E-state index in [1.165, 1.54) is 0 Å². The van der Waals surface area contributed by atoms with Crippen molar-refractivity contribution in [2.75, 3.05) is 18.9 Å². The average molecular weight is 483 g/mol. The molecule has 4 rings (SSSR count). The number of nitrogens with one attached hydrogen (secondary N) is 3. The molecule has 2 aromatic carbocycles. The van der Waals surface area contributed by atoms with Crippen molar-refractivity contribution in [2.45, 2.75) is 26.4 Å². The van der Waals surface area contributed by atoms with E-state index in [9.17, 15) is 18.0 Å². The number of halogens is 3. The second-order valence-corrected chi connectivity index (χ2v) is 8.18. The number of aromatic amines is 1. The Hall–Kier alpha value is -3.99. The van der Waals surface area contributed by atoms with E-state index in [1.54, 1.807) is 48.4 Å². The minimum absolute atomic E-state index is 0.0801. The van der Waals surface area contributed by atoms with Crippen LogP contribution in [0.25, 0.3) is 16.9 Å². The number of carbonyl (C=O) groups is 1. The van der Waals surface area contributed by atoms with Gasteiger partial charge in [0.15, 0.2) is 0 Å². The Balaban J connectivity index is 1.61. The Morgan fingerprint density at radius 2 is 1.94 bits per heavy atom. The van der Waals surface area contributed by atoms with Gasteiger partial charge in [-0.05, 0) is 75.3 Å². The third kappa shape index (κ3) is 5.40. The SMILES string of the molecule is CNCCc1cc(NC(=O)c2ccc(C)c(-n3cc(-c4cn[nH]c4C)nn3)c2)cc(C(F)(F)F)c1. The largest absolute Gasteiger partial charge is 0.416 e. The van der Waals surface area contributed by atoms with Gasteiger partial charge in [-0.1, -0.05) is 11.3 Å². The lowest BCUT2D eigenvalue weighted by Gasteiger charge is -2.14. The van der Waals surface area contributed by atoms with E-state index in [0.717, 1.165) is 29.0 Å². The van der Waals surface area contributed by atoms with Crippen LogP contribution in [0.3, 0.4) is 0 Å². The van der Waals surface area contributed by atoms with Crippen LogP contribution in [-0.2, 0) is 12.6 Å². The zero-order valence-corrected chi connectivity index (χ0v) is 19.4. The number of rotatable bonds is 7. The molecule has 0 saturated carbocycles. The van der Waals surface area contributed by atoms with Crippen LogP contribution in [0.5, 0.6) is 0 Å². The molecular weight excluding hydrogens is 459 g/mol. The van der Waals surface area contributed by atoms with E-state index in [2.05, 4.69) is 31.1 Å². The smallest absolute Gasteiger partial charge is 0.322 e. The van der Waals surface area contributed by atoms with E-state index < -0.39 is 17.6 Å². The van der Waals surface area contributed by atoms with Gasteiger partial charge in [-0.2, -0.15) is 18.3 Å². The maximum atomic E-state index is 13.4. The Bertz CT molecular complexity index is 1360. The fourth-order valence-corrected chi connectivity index (χ4v) is 3.66. The van der Waals surface area contributed by atoms with Gasteiger partial charge in [0.25, 0.3) is 5.91 Å². The number of benzene rings is 2. The molecule has 0 fully saturated rings. The number of H-pyrrole nitrogens is 1. The molecule has 2 heterocycles. The number of aromatic nitrogens is 5. The molecule has 0 radical (unpaired) electrons. The van der Waals surface area contributed by atoms with Crippen LogP contribution < -0.4 is 10.6 Å². The Morgan fingerprint density at radius 1 is 1.14 bits per heavy atom. The predicted molar refractivity (Wildman–Crippen MR) is 125 cm³/mol. The van der Waals surface area contributed by atoms with Crippen LogP contribution in [0.4, 0.5) is 18.9 Å². The molecule has 0 bridgehead atoms. The first kappa shape index (κ1) is 24.1. The van der Waals surface area contributed by atoms with E-state index in [0.29, 0.717) is 29.9 Å². The lowest BCUT2D eigenvalue weighted by molar-refractivity contribution is -0.137. The summed E-state index contributed by atoms with van der Waals surface area (Å²) >= 11 is 0. The van der Waals surface area contributed by atoms with E-state index in [4.69, 9.17) is 0 Å². The molecule has 0 unspecified atom stereocenters. The summed E-state index contributed by atoms with van der Waals surface area (Å²) < 4.78 is 41.7. The van der Waals surface area contributed by atoms with Crippen molar-refractivity contribution < 1.29 is 18.0 Å². The summed E-state index contributed by atoms with van der Waals surface area (Å²) in [4.78, 5) is 13.0. The monoisotopic (exact) mass is 483 g/mol. The molecule has 35 heavy (non-hydrogen) atoms. The summed E-state index contributed by atoms with van der Waals surface area (Å²) in [6, 6.07) is 8.58. The average Bonchev–Trinajstić information content (AvgIpc) is 3.46. The molecule has 1 amide bonds.